The molecule has 0 saturated carbocycles. The molecule has 0 unspecified atom stereocenters. The Labute approximate surface area is 426 Å². The third-order valence-corrected chi connectivity index (χ3v) is 13.3. The monoisotopic (exact) mass is 1090 g/mol. The van der Waals surface area contributed by atoms with Crippen molar-refractivity contribution in [1.29, 1.82) is 0 Å². The van der Waals surface area contributed by atoms with Crippen LogP contribution in [0.4, 0.5) is 0 Å². The number of aryl methyl sites for hydroxylation is 1. The Morgan fingerprint density at radius 1 is 0.565 bits per heavy atom. The number of aromatic hydroxyl groups is 1. The molecule has 5 heteroatoms. The van der Waals surface area contributed by atoms with E-state index in [1.54, 1.807) is 0 Å². The molecule has 0 radical (unpaired) electrons. The number of phenolic OH excluding ortho intramolecular Hbond substituents is 1. The Balaban J connectivity index is 0.00000659. The van der Waals surface area contributed by atoms with Gasteiger partial charge in [0.15, 0.2) is 0 Å². The number of para-hydroxylation sites is 1. The molecule has 0 aliphatic rings. The van der Waals surface area contributed by atoms with E-state index in [0.717, 1.165) is 100 Å². The van der Waals surface area contributed by atoms with Crippen molar-refractivity contribution in [3.63, 3.8) is 0 Å². The van der Waals surface area contributed by atoms with Gasteiger partial charge in [-0.2, -0.15) is 0 Å². The van der Waals surface area contributed by atoms with E-state index in [0.29, 0.717) is 11.4 Å². The third-order valence-electron chi connectivity index (χ3n) is 13.3. The summed E-state index contributed by atoms with van der Waals surface area (Å²) in [5.74, 6) is 0.215. The first-order chi connectivity index (χ1) is 32.6. The fourth-order valence-electron chi connectivity index (χ4n) is 9.25. The van der Waals surface area contributed by atoms with Crippen molar-refractivity contribution in [1.82, 2.24) is 14.5 Å². The van der Waals surface area contributed by atoms with Crippen molar-refractivity contribution in [3.05, 3.63) is 192 Å². The number of hydrogen-bond acceptors (Lipinski definition) is 3. The van der Waals surface area contributed by atoms with Crippen LogP contribution >= 0.6 is 0 Å². The average Bonchev–Trinajstić information content (AvgIpc) is 3.70. The maximum atomic E-state index is 12.7. The molecule has 4 nitrogen and oxygen atoms in total. The molecule has 0 spiro atoms. The number of imidazole rings is 1. The van der Waals surface area contributed by atoms with Crippen LogP contribution in [0.15, 0.2) is 158 Å². The fraction of sp³-hybridized carbons (Fsp3) is 0.250. The van der Waals surface area contributed by atoms with Gasteiger partial charge >= 0.3 is 0 Å². The first-order valence-electron chi connectivity index (χ1n) is 24.4. The van der Waals surface area contributed by atoms with E-state index in [4.69, 9.17) is 11.3 Å². The van der Waals surface area contributed by atoms with Gasteiger partial charge in [0.1, 0.15) is 11.6 Å². The number of hydrogen-bond donors (Lipinski definition) is 1. The summed E-state index contributed by atoms with van der Waals surface area (Å²) in [6.45, 7) is 25.9. The molecule has 0 bridgehead atoms. The van der Waals surface area contributed by atoms with Crippen LogP contribution in [0.25, 0.3) is 83.9 Å². The maximum absolute atomic E-state index is 12.7. The van der Waals surface area contributed by atoms with Crippen LogP contribution in [-0.4, -0.2) is 19.6 Å². The van der Waals surface area contributed by atoms with Gasteiger partial charge in [0.05, 0.1) is 22.3 Å². The molecule has 69 heavy (non-hydrogen) atoms. The van der Waals surface area contributed by atoms with Crippen LogP contribution in [-0.2, 0) is 37.3 Å². The fourth-order valence-corrected chi connectivity index (χ4v) is 9.25. The van der Waals surface area contributed by atoms with Gasteiger partial charge in [-0.15, -0.1) is 29.3 Å². The summed E-state index contributed by atoms with van der Waals surface area (Å²) in [7, 11) is 0. The molecule has 9 aromatic rings. The molecular weight excluding hydrogens is 1020 g/mol. The zero-order valence-electron chi connectivity index (χ0n) is 43.1. The van der Waals surface area contributed by atoms with Crippen LogP contribution in [0.3, 0.4) is 0 Å². The Bertz CT molecular complexity index is 3360. The minimum atomic E-state index is -0.679. The molecule has 0 saturated heterocycles. The van der Waals surface area contributed by atoms with Crippen LogP contribution in [0, 0.1) is 13.0 Å². The summed E-state index contributed by atoms with van der Waals surface area (Å²) in [4.78, 5) is 10.7. The van der Waals surface area contributed by atoms with Gasteiger partial charge in [0, 0.05) is 45.5 Å². The van der Waals surface area contributed by atoms with Gasteiger partial charge in [0.25, 0.3) is 0 Å². The molecular formula is C64H64N3OPt-. The number of fused-ring (bicyclic) bond motifs is 1. The van der Waals surface area contributed by atoms with Crippen molar-refractivity contribution in [2.45, 2.75) is 105 Å². The summed E-state index contributed by atoms with van der Waals surface area (Å²) in [6, 6.07) is 57.4. The molecule has 0 atom stereocenters. The third kappa shape index (κ3) is 9.79. The first-order valence-corrected chi connectivity index (χ1v) is 23.9. The van der Waals surface area contributed by atoms with E-state index in [9.17, 15) is 5.11 Å². The molecule has 0 amide bonds. The van der Waals surface area contributed by atoms with E-state index < -0.39 is 5.89 Å². The minimum Gasteiger partial charge on any atom is -0.507 e. The molecule has 2 heterocycles. The smallest absolute Gasteiger partial charge is 0.148 e. The number of nitrogens with zero attached hydrogens (tertiary/aromatic N) is 3. The van der Waals surface area contributed by atoms with Gasteiger partial charge in [-0.3, -0.25) is 9.55 Å². The van der Waals surface area contributed by atoms with Crippen LogP contribution in [0.1, 0.15) is 111 Å². The summed E-state index contributed by atoms with van der Waals surface area (Å²) in [5.41, 5.74) is 18.0. The molecule has 0 aliphatic heterocycles. The molecule has 7 aromatic carbocycles. The van der Waals surface area contributed by atoms with E-state index in [-0.39, 0.29) is 43.1 Å². The molecule has 0 fully saturated rings. The first kappa shape index (κ1) is 47.7. The van der Waals surface area contributed by atoms with Gasteiger partial charge in [-0.1, -0.05) is 196 Å². The summed E-state index contributed by atoms with van der Waals surface area (Å²) >= 11 is 0. The zero-order valence-corrected chi connectivity index (χ0v) is 44.4. The number of rotatable bonds is 8. The Morgan fingerprint density at radius 3 is 1.78 bits per heavy atom. The minimum absolute atomic E-state index is 0. The van der Waals surface area contributed by atoms with Gasteiger partial charge < -0.3 is 5.11 Å². The van der Waals surface area contributed by atoms with Gasteiger partial charge in [0.2, 0.25) is 0 Å². The molecule has 9 rings (SSSR count). The molecule has 1 N–H and O–H groups in total. The van der Waals surface area contributed by atoms with Crippen molar-refractivity contribution >= 4 is 11.0 Å². The van der Waals surface area contributed by atoms with E-state index >= 15 is 0 Å². The van der Waals surface area contributed by atoms with Crippen LogP contribution < -0.4 is 0 Å². The number of phenols is 1. The van der Waals surface area contributed by atoms with Gasteiger partial charge in [-0.05, 0) is 104 Å². The Morgan fingerprint density at radius 2 is 1.17 bits per heavy atom. The second-order valence-corrected chi connectivity index (χ2v) is 21.7. The zero-order chi connectivity index (χ0) is 49.2. The normalized spacial score (nSPS) is 12.5. The molecule has 0 aliphatic carbocycles. The second kappa shape index (κ2) is 18.9. The predicted molar refractivity (Wildman–Crippen MR) is 287 cm³/mol. The number of benzene rings is 7. The standard InChI is InChI=1S/C64H64N3O.Pt/c1-40(2)42-26-28-43(29-27-42)46-30-31-65-56(36-46)48-33-47(34-49(35-48)62(4,5)6)51-24-19-25-57-59(51)66-61(54-37-50(63(7,8)9)38-55(60(54)68)64(10,11)12)67(57)58-39-52(44-20-15-13-16-21-44)41(3)32-53(58)45-22-17-14-18-23-45;/h13-32,34-40,68H,1-12H3;/q-1;/i40D;. The number of aromatic nitrogens is 3. The van der Waals surface area contributed by atoms with E-state index in [2.05, 4.69) is 213 Å². The summed E-state index contributed by atoms with van der Waals surface area (Å²) in [5, 5.41) is 12.7. The van der Waals surface area contributed by atoms with Crippen molar-refractivity contribution in [2.24, 2.45) is 0 Å². The van der Waals surface area contributed by atoms with E-state index in [1.165, 1.54) is 0 Å². The average molecular weight is 1090 g/mol. The van der Waals surface area contributed by atoms with Crippen molar-refractivity contribution in [2.75, 3.05) is 0 Å². The quantitative estimate of drug-likeness (QED) is 0.154. The Hall–Kier alpha value is -6.35. The summed E-state index contributed by atoms with van der Waals surface area (Å²) < 4.78 is 10.8. The van der Waals surface area contributed by atoms with E-state index in [1.807, 2.05) is 38.2 Å². The van der Waals surface area contributed by atoms with Crippen LogP contribution in [0.5, 0.6) is 5.75 Å². The maximum Gasteiger partial charge on any atom is 0.148 e. The summed E-state index contributed by atoms with van der Waals surface area (Å²) in [6.07, 6.45) is 1.87. The largest absolute Gasteiger partial charge is 0.507 e. The number of pyridine rings is 1. The second-order valence-electron chi connectivity index (χ2n) is 21.7. The van der Waals surface area contributed by atoms with Crippen molar-refractivity contribution < 1.29 is 27.5 Å². The van der Waals surface area contributed by atoms with Gasteiger partial charge in [-0.25, -0.2) is 4.98 Å². The van der Waals surface area contributed by atoms with Crippen molar-refractivity contribution in [3.8, 4) is 78.6 Å². The Kier molecular flexibility index (Phi) is 13.0. The molecule has 2 aromatic heterocycles. The molecule has 352 valence electrons. The van der Waals surface area contributed by atoms with Crippen LogP contribution in [0.2, 0.25) is 0 Å². The predicted octanol–water partition coefficient (Wildman–Crippen LogP) is 17.3. The SMILES string of the molecule is [2H]C(C)(C)c1ccc(-c2ccnc(-c3[c-]c(-c4cccc5c4nc(-c4cc(C(C)(C)C)cc(C(C)(C)C)c4O)n5-c4cc(-c5ccccc5)c(C)cc4-c4ccccc4)cc(C(C)(C)C)c3)c2)cc1.[Pt]. The topological polar surface area (TPSA) is 50.9 Å².